The third-order valence-electron chi connectivity index (χ3n) is 9.97. The van der Waals surface area contributed by atoms with Crippen LogP contribution in [-0.4, -0.2) is 28.9 Å². The van der Waals surface area contributed by atoms with Gasteiger partial charge in [-0.25, -0.2) is 9.97 Å². The molecule has 0 amide bonds. The van der Waals surface area contributed by atoms with Crippen LogP contribution < -0.4 is 0 Å². The molecule has 0 aliphatic carbocycles. The third-order valence-corrected chi connectivity index (χ3v) is 9.97. The van der Waals surface area contributed by atoms with Crippen molar-refractivity contribution in [2.45, 2.75) is 0 Å². The summed E-state index contributed by atoms with van der Waals surface area (Å²) >= 11 is 0. The fourth-order valence-corrected chi connectivity index (χ4v) is 7.85. The van der Waals surface area contributed by atoms with Crippen LogP contribution in [0.1, 0.15) is 0 Å². The Morgan fingerprint density at radius 2 is 1.02 bits per heavy atom. The molecule has 5 heterocycles. The van der Waals surface area contributed by atoms with Crippen molar-refractivity contribution < 1.29 is 0 Å². The first kappa shape index (κ1) is 27.1. The monoisotopic (exact) mass is 638 g/mol. The Balaban J connectivity index is 1.15. The number of aromatic nitrogens is 6. The molecule has 6 nitrogen and oxygen atoms in total. The molecule has 50 heavy (non-hydrogen) atoms. The largest absolute Gasteiger partial charge is 0.293 e. The van der Waals surface area contributed by atoms with Crippen molar-refractivity contribution in [3.8, 4) is 39.9 Å². The summed E-state index contributed by atoms with van der Waals surface area (Å²) in [6, 6.07) is 52.9. The van der Waals surface area contributed by atoms with Gasteiger partial charge in [0.1, 0.15) is 5.65 Å². The van der Waals surface area contributed by atoms with Crippen LogP contribution in [0.4, 0.5) is 0 Å². The first-order valence-corrected chi connectivity index (χ1v) is 16.7. The van der Waals surface area contributed by atoms with Gasteiger partial charge in [-0.15, -0.1) is 0 Å². The second-order valence-corrected chi connectivity index (χ2v) is 12.7. The average molecular weight is 639 g/mol. The van der Waals surface area contributed by atoms with E-state index in [1.807, 2.05) is 42.6 Å². The maximum Gasteiger partial charge on any atom is 0.238 e. The van der Waals surface area contributed by atoms with Gasteiger partial charge in [-0.2, -0.15) is 9.97 Å². The van der Waals surface area contributed by atoms with Crippen molar-refractivity contribution in [3.63, 3.8) is 0 Å². The summed E-state index contributed by atoms with van der Waals surface area (Å²) in [6.07, 6.45) is 1.88. The molecule has 0 N–H and O–H groups in total. The Morgan fingerprint density at radius 3 is 1.84 bits per heavy atom. The number of hydrogen-bond acceptors (Lipinski definition) is 4. The van der Waals surface area contributed by atoms with Crippen LogP contribution in [0.2, 0.25) is 0 Å². The highest BCUT2D eigenvalue weighted by Crippen LogP contribution is 2.42. The van der Waals surface area contributed by atoms with Crippen molar-refractivity contribution in [2.75, 3.05) is 0 Å². The lowest BCUT2D eigenvalue weighted by molar-refractivity contribution is 0.953. The fraction of sp³-hybridized carbons (Fsp3) is 0. The highest BCUT2D eigenvalue weighted by Gasteiger charge is 2.21. The van der Waals surface area contributed by atoms with E-state index in [0.29, 0.717) is 17.6 Å². The summed E-state index contributed by atoms with van der Waals surface area (Å²) in [7, 11) is 0. The standard InChI is InChI=1S/C44H26N6/c1-2-12-27(13-3-1)41-46-42(48-44(47-41)49-36-22-6-4-16-31(36)32-17-5-7-23-37(32)49)29-15-8-14-28(26-29)30-18-10-24-38-39(30)35-20-9-19-33-34-21-11-25-45-43(34)50(38)40(33)35/h1-26H. The van der Waals surface area contributed by atoms with E-state index in [0.717, 1.165) is 55.2 Å². The van der Waals surface area contributed by atoms with E-state index in [1.54, 1.807) is 0 Å². The first-order valence-electron chi connectivity index (χ1n) is 16.7. The van der Waals surface area contributed by atoms with Crippen molar-refractivity contribution >= 4 is 60.0 Å². The van der Waals surface area contributed by atoms with Crippen molar-refractivity contribution in [2.24, 2.45) is 0 Å². The first-order chi connectivity index (χ1) is 24.8. The normalized spacial score (nSPS) is 12.0. The van der Waals surface area contributed by atoms with Gasteiger partial charge in [-0.3, -0.25) is 8.97 Å². The molecule has 0 spiro atoms. The molecule has 0 bridgehead atoms. The topological polar surface area (TPSA) is 60.9 Å². The molecule has 6 heteroatoms. The number of hydrogen-bond donors (Lipinski definition) is 0. The maximum absolute atomic E-state index is 5.20. The van der Waals surface area contributed by atoms with Gasteiger partial charge in [0.2, 0.25) is 5.95 Å². The fourth-order valence-electron chi connectivity index (χ4n) is 7.85. The molecule has 0 radical (unpaired) electrons. The second-order valence-electron chi connectivity index (χ2n) is 12.7. The number of nitrogens with zero attached hydrogens (tertiary/aromatic N) is 6. The van der Waals surface area contributed by atoms with E-state index in [9.17, 15) is 0 Å². The minimum absolute atomic E-state index is 0.586. The number of para-hydroxylation sites is 3. The van der Waals surface area contributed by atoms with Gasteiger partial charge in [-0.05, 0) is 47.5 Å². The lowest BCUT2D eigenvalue weighted by Crippen LogP contribution is -2.06. The summed E-state index contributed by atoms with van der Waals surface area (Å²) < 4.78 is 4.47. The maximum atomic E-state index is 5.20. The van der Waals surface area contributed by atoms with Gasteiger partial charge >= 0.3 is 0 Å². The Labute approximate surface area is 285 Å². The minimum atomic E-state index is 0.586. The van der Waals surface area contributed by atoms with Gasteiger partial charge in [0.15, 0.2) is 11.6 Å². The summed E-state index contributed by atoms with van der Waals surface area (Å²) in [6.45, 7) is 0. The van der Waals surface area contributed by atoms with E-state index in [1.165, 1.54) is 27.1 Å². The minimum Gasteiger partial charge on any atom is -0.293 e. The number of pyridine rings is 1. The smallest absolute Gasteiger partial charge is 0.238 e. The van der Waals surface area contributed by atoms with Crippen LogP contribution in [0.25, 0.3) is 99.9 Å². The molecular formula is C44H26N6. The van der Waals surface area contributed by atoms with Gasteiger partial charge in [0.25, 0.3) is 0 Å². The lowest BCUT2D eigenvalue weighted by atomic mass is 9.97. The quantitative estimate of drug-likeness (QED) is 0.192. The molecule has 11 aromatic rings. The van der Waals surface area contributed by atoms with Crippen molar-refractivity contribution in [1.82, 2.24) is 28.9 Å². The van der Waals surface area contributed by atoms with E-state index in [2.05, 4.69) is 124 Å². The molecule has 0 aliphatic rings. The highest BCUT2D eigenvalue weighted by atomic mass is 15.2. The third kappa shape index (κ3) is 3.78. The highest BCUT2D eigenvalue weighted by molar-refractivity contribution is 6.25. The molecular weight excluding hydrogens is 613 g/mol. The SMILES string of the molecule is c1ccc(-c2nc(-c3cccc(-c4cccc5c4c4cccc6c7cccnc7n5c64)c3)nc(-n3c4ccccc4c4ccccc43)n2)cc1. The zero-order chi connectivity index (χ0) is 32.8. The molecule has 6 aromatic carbocycles. The van der Waals surface area contributed by atoms with Crippen LogP contribution in [0.3, 0.4) is 0 Å². The molecule has 0 fully saturated rings. The molecule has 0 aliphatic heterocycles. The molecule has 232 valence electrons. The zero-order valence-corrected chi connectivity index (χ0v) is 26.7. The van der Waals surface area contributed by atoms with Crippen LogP contribution >= 0.6 is 0 Å². The van der Waals surface area contributed by atoms with E-state index in [4.69, 9.17) is 19.9 Å². The molecule has 11 rings (SSSR count). The summed E-state index contributed by atoms with van der Waals surface area (Å²) in [5.74, 6) is 1.83. The second kappa shape index (κ2) is 10.3. The zero-order valence-electron chi connectivity index (χ0n) is 26.7. The Hall–Kier alpha value is -6.92. The molecule has 0 unspecified atom stereocenters. The predicted octanol–water partition coefficient (Wildman–Crippen LogP) is 10.5. The van der Waals surface area contributed by atoms with E-state index < -0.39 is 0 Å². The van der Waals surface area contributed by atoms with Gasteiger partial charge < -0.3 is 0 Å². The lowest BCUT2D eigenvalue weighted by Gasteiger charge is -2.12. The van der Waals surface area contributed by atoms with Crippen LogP contribution in [0, 0.1) is 0 Å². The Morgan fingerprint density at radius 1 is 0.420 bits per heavy atom. The van der Waals surface area contributed by atoms with Crippen LogP contribution in [0.15, 0.2) is 158 Å². The van der Waals surface area contributed by atoms with E-state index >= 15 is 0 Å². The van der Waals surface area contributed by atoms with Gasteiger partial charge in [0, 0.05) is 49.6 Å². The average Bonchev–Trinajstić information content (AvgIpc) is 3.84. The van der Waals surface area contributed by atoms with Gasteiger partial charge in [0.05, 0.1) is 22.1 Å². The molecule has 0 saturated heterocycles. The summed E-state index contributed by atoms with van der Waals surface area (Å²) in [5, 5.41) is 7.15. The van der Waals surface area contributed by atoms with Crippen molar-refractivity contribution in [1.29, 1.82) is 0 Å². The van der Waals surface area contributed by atoms with E-state index in [-0.39, 0.29) is 0 Å². The molecule has 5 aromatic heterocycles. The molecule has 0 saturated carbocycles. The Kier molecular flexibility index (Phi) is 5.57. The number of fused-ring (bicyclic) bond motifs is 9. The van der Waals surface area contributed by atoms with Crippen molar-refractivity contribution in [3.05, 3.63) is 158 Å². The van der Waals surface area contributed by atoms with Crippen LogP contribution in [0.5, 0.6) is 0 Å². The van der Waals surface area contributed by atoms with Gasteiger partial charge in [-0.1, -0.05) is 115 Å². The summed E-state index contributed by atoms with van der Waals surface area (Å²) in [5.41, 5.74) is 9.56. The summed E-state index contributed by atoms with van der Waals surface area (Å²) in [4.78, 5) is 20.2. The predicted molar refractivity (Wildman–Crippen MR) is 203 cm³/mol. The molecule has 0 atom stereocenters. The number of benzene rings is 6. The van der Waals surface area contributed by atoms with Crippen LogP contribution in [-0.2, 0) is 0 Å². The Bertz CT molecular complexity index is 3050. The number of rotatable bonds is 4.